The van der Waals surface area contributed by atoms with Crippen LogP contribution in [0, 0.1) is 5.92 Å². The zero-order valence-electron chi connectivity index (χ0n) is 11.4. The molecule has 20 heavy (non-hydrogen) atoms. The van der Waals surface area contributed by atoms with Crippen molar-refractivity contribution in [2.24, 2.45) is 5.92 Å². The van der Waals surface area contributed by atoms with Gasteiger partial charge in [0.05, 0.1) is 6.61 Å². The van der Waals surface area contributed by atoms with Crippen LogP contribution in [0.1, 0.15) is 30.2 Å². The molecule has 0 amide bonds. The Morgan fingerprint density at radius 3 is 3.15 bits per heavy atom. The first-order valence-electron chi connectivity index (χ1n) is 7.03. The van der Waals surface area contributed by atoms with E-state index in [2.05, 4.69) is 6.07 Å². The van der Waals surface area contributed by atoms with Gasteiger partial charge in [-0.3, -0.25) is 4.79 Å². The quantitative estimate of drug-likeness (QED) is 0.774. The average molecular weight is 309 g/mol. The number of esters is 1. The lowest BCUT2D eigenvalue weighted by Crippen LogP contribution is -2.17. The van der Waals surface area contributed by atoms with Crippen molar-refractivity contribution in [3.63, 3.8) is 0 Å². The molecule has 0 saturated heterocycles. The predicted molar refractivity (Wildman–Crippen MR) is 83.6 cm³/mol. The molecule has 1 unspecified atom stereocenters. The van der Waals surface area contributed by atoms with Crippen LogP contribution in [0.15, 0.2) is 18.2 Å². The molecule has 4 heteroatoms. The van der Waals surface area contributed by atoms with Crippen LogP contribution >= 0.6 is 22.9 Å². The molecular formula is C16H17ClO2S. The first-order valence-corrected chi connectivity index (χ1v) is 8.23. The Labute approximate surface area is 127 Å². The summed E-state index contributed by atoms with van der Waals surface area (Å²) in [6.45, 7) is 2.32. The minimum atomic E-state index is -0.0694. The fourth-order valence-electron chi connectivity index (χ4n) is 2.99. The molecule has 1 aliphatic carbocycles. The van der Waals surface area contributed by atoms with E-state index in [-0.39, 0.29) is 5.97 Å². The number of thiophene rings is 1. The Balaban J connectivity index is 1.84. The van der Waals surface area contributed by atoms with Gasteiger partial charge in [-0.25, -0.2) is 0 Å². The summed E-state index contributed by atoms with van der Waals surface area (Å²) in [5.41, 5.74) is 1.40. The van der Waals surface area contributed by atoms with Crippen LogP contribution in [0.25, 0.3) is 10.1 Å². The third-order valence-corrected chi connectivity index (χ3v) is 5.42. The standard InChI is InChI=1S/C16H17ClO2S/c1-2-19-15(18)9-10-6-7-11-14(8-10)20-13-5-3-4-12(17)16(11)13/h3-5,10H,2,6-9H2,1H3. The van der Waals surface area contributed by atoms with Crippen molar-refractivity contribution in [1.82, 2.24) is 0 Å². The molecule has 0 saturated carbocycles. The summed E-state index contributed by atoms with van der Waals surface area (Å²) in [6, 6.07) is 6.09. The lowest BCUT2D eigenvalue weighted by atomic mass is 9.85. The van der Waals surface area contributed by atoms with E-state index in [4.69, 9.17) is 16.3 Å². The third kappa shape index (κ3) is 2.57. The maximum atomic E-state index is 11.6. The minimum Gasteiger partial charge on any atom is -0.466 e. The second-order valence-electron chi connectivity index (χ2n) is 5.23. The van der Waals surface area contributed by atoms with Gasteiger partial charge in [-0.1, -0.05) is 17.7 Å². The molecule has 3 rings (SSSR count). The molecule has 1 aliphatic rings. The second kappa shape index (κ2) is 5.74. The van der Waals surface area contributed by atoms with Crippen molar-refractivity contribution < 1.29 is 9.53 Å². The summed E-state index contributed by atoms with van der Waals surface area (Å²) in [7, 11) is 0. The Kier molecular flexibility index (Phi) is 3.99. The van der Waals surface area contributed by atoms with Gasteiger partial charge in [-0.2, -0.15) is 0 Å². The van der Waals surface area contributed by atoms with Crippen LogP contribution < -0.4 is 0 Å². The van der Waals surface area contributed by atoms with Gasteiger partial charge in [-0.05, 0) is 49.8 Å². The smallest absolute Gasteiger partial charge is 0.306 e. The van der Waals surface area contributed by atoms with E-state index in [0.717, 1.165) is 24.3 Å². The Morgan fingerprint density at radius 1 is 1.50 bits per heavy atom. The van der Waals surface area contributed by atoms with Gasteiger partial charge in [0.2, 0.25) is 0 Å². The van der Waals surface area contributed by atoms with Crippen LogP contribution in [0.4, 0.5) is 0 Å². The van der Waals surface area contributed by atoms with E-state index in [1.165, 1.54) is 20.5 Å². The molecule has 1 aromatic heterocycles. The number of carbonyl (C=O) groups is 1. The van der Waals surface area contributed by atoms with Crippen molar-refractivity contribution in [3.8, 4) is 0 Å². The summed E-state index contributed by atoms with van der Waals surface area (Å²) in [4.78, 5) is 13.0. The molecule has 2 nitrogen and oxygen atoms in total. The maximum Gasteiger partial charge on any atom is 0.306 e. The number of hydrogen-bond acceptors (Lipinski definition) is 3. The largest absolute Gasteiger partial charge is 0.466 e. The summed E-state index contributed by atoms with van der Waals surface area (Å²) in [5, 5.41) is 2.08. The molecule has 106 valence electrons. The highest BCUT2D eigenvalue weighted by Crippen LogP contribution is 2.41. The normalized spacial score (nSPS) is 18.0. The number of halogens is 1. The number of aryl methyl sites for hydroxylation is 1. The van der Waals surface area contributed by atoms with Crippen LogP contribution in [-0.4, -0.2) is 12.6 Å². The molecule has 0 aliphatic heterocycles. The zero-order valence-corrected chi connectivity index (χ0v) is 13.0. The molecule has 1 atom stereocenters. The molecule has 0 radical (unpaired) electrons. The lowest BCUT2D eigenvalue weighted by Gasteiger charge is -2.21. The Morgan fingerprint density at radius 2 is 2.35 bits per heavy atom. The van der Waals surface area contributed by atoms with Crippen molar-refractivity contribution in [2.75, 3.05) is 6.61 Å². The molecule has 2 aromatic rings. The van der Waals surface area contributed by atoms with Crippen LogP contribution in [0.3, 0.4) is 0 Å². The van der Waals surface area contributed by atoms with E-state index in [0.29, 0.717) is 18.9 Å². The molecule has 0 spiro atoms. The van der Waals surface area contributed by atoms with Crippen molar-refractivity contribution >= 4 is 39.0 Å². The van der Waals surface area contributed by atoms with Crippen LogP contribution in [-0.2, 0) is 22.4 Å². The lowest BCUT2D eigenvalue weighted by molar-refractivity contribution is -0.144. The fraction of sp³-hybridized carbons (Fsp3) is 0.438. The van der Waals surface area contributed by atoms with Crippen molar-refractivity contribution in [3.05, 3.63) is 33.7 Å². The number of hydrogen-bond donors (Lipinski definition) is 0. The van der Waals surface area contributed by atoms with Gasteiger partial charge >= 0.3 is 5.97 Å². The molecule has 0 N–H and O–H groups in total. The molecular weight excluding hydrogens is 292 g/mol. The number of benzene rings is 1. The van der Waals surface area contributed by atoms with Gasteiger partial charge in [0.1, 0.15) is 0 Å². The first-order chi connectivity index (χ1) is 9.69. The summed E-state index contributed by atoms with van der Waals surface area (Å²) < 4.78 is 6.32. The Hall–Kier alpha value is -1.06. The number of ether oxygens (including phenoxy) is 1. The molecule has 1 heterocycles. The highest BCUT2D eigenvalue weighted by atomic mass is 35.5. The summed E-state index contributed by atoms with van der Waals surface area (Å²) in [6.07, 6.45) is 3.57. The van der Waals surface area contributed by atoms with Crippen molar-refractivity contribution in [2.45, 2.75) is 32.6 Å². The molecule has 0 bridgehead atoms. The SMILES string of the molecule is CCOC(=O)CC1CCc2c(sc3cccc(Cl)c23)C1. The topological polar surface area (TPSA) is 26.3 Å². The zero-order chi connectivity index (χ0) is 14.1. The van der Waals surface area contributed by atoms with E-state index in [9.17, 15) is 4.79 Å². The van der Waals surface area contributed by atoms with E-state index >= 15 is 0 Å². The average Bonchev–Trinajstić information content (AvgIpc) is 2.77. The van der Waals surface area contributed by atoms with Gasteiger partial charge in [0, 0.05) is 26.4 Å². The monoisotopic (exact) mass is 308 g/mol. The minimum absolute atomic E-state index is 0.0694. The number of fused-ring (bicyclic) bond motifs is 3. The second-order valence-corrected chi connectivity index (χ2v) is 6.78. The number of rotatable bonds is 3. The maximum absolute atomic E-state index is 11.6. The molecule has 0 fully saturated rings. The number of carbonyl (C=O) groups excluding carboxylic acids is 1. The Bertz CT molecular complexity index is 647. The summed E-state index contributed by atoms with van der Waals surface area (Å²) >= 11 is 8.15. The van der Waals surface area contributed by atoms with Crippen LogP contribution in [0.2, 0.25) is 5.02 Å². The van der Waals surface area contributed by atoms with Crippen molar-refractivity contribution in [1.29, 1.82) is 0 Å². The van der Waals surface area contributed by atoms with Gasteiger partial charge < -0.3 is 4.74 Å². The third-order valence-electron chi connectivity index (χ3n) is 3.88. The predicted octanol–water partition coefficient (Wildman–Crippen LogP) is 4.61. The van der Waals surface area contributed by atoms with E-state index < -0.39 is 0 Å². The van der Waals surface area contributed by atoms with Gasteiger partial charge in [0.15, 0.2) is 0 Å². The fourth-order valence-corrected chi connectivity index (χ4v) is 4.73. The summed E-state index contributed by atoms with van der Waals surface area (Å²) in [5.74, 6) is 0.341. The molecule has 1 aromatic carbocycles. The van der Waals surface area contributed by atoms with Gasteiger partial charge in [-0.15, -0.1) is 11.3 Å². The highest BCUT2D eigenvalue weighted by Gasteiger charge is 2.25. The van der Waals surface area contributed by atoms with E-state index in [1.807, 2.05) is 30.4 Å². The van der Waals surface area contributed by atoms with Gasteiger partial charge in [0.25, 0.3) is 0 Å². The van der Waals surface area contributed by atoms with Crippen LogP contribution in [0.5, 0.6) is 0 Å². The first kappa shape index (κ1) is 13.9. The highest BCUT2D eigenvalue weighted by molar-refractivity contribution is 7.19. The van der Waals surface area contributed by atoms with E-state index in [1.54, 1.807) is 0 Å².